The normalized spacial score (nSPS) is 10.9. The molecule has 6 nitrogen and oxygen atoms in total. The number of hydrogen-bond acceptors (Lipinski definition) is 4. The molecular formula is C22H19BrClN3O3. The summed E-state index contributed by atoms with van der Waals surface area (Å²) in [7, 11) is 1.62. The Labute approximate surface area is 186 Å². The number of methoxy groups -OCH3 is 1. The maximum atomic E-state index is 11.4. The fraction of sp³-hybridized carbons (Fsp3) is 0.136. The minimum absolute atomic E-state index is 0.219. The highest BCUT2D eigenvalue weighted by atomic mass is 79.9. The zero-order valence-corrected chi connectivity index (χ0v) is 18.4. The number of aromatic amines is 2. The van der Waals surface area contributed by atoms with Gasteiger partial charge in [-0.05, 0) is 53.6 Å². The van der Waals surface area contributed by atoms with E-state index in [0.717, 1.165) is 32.3 Å². The molecule has 0 bridgehead atoms. The van der Waals surface area contributed by atoms with Crippen LogP contribution < -0.4 is 20.5 Å². The van der Waals surface area contributed by atoms with Gasteiger partial charge in [-0.1, -0.05) is 39.7 Å². The summed E-state index contributed by atoms with van der Waals surface area (Å²) in [5.41, 5.74) is 4.23. The minimum Gasteiger partial charge on any atom is -0.493 e. The lowest BCUT2D eigenvalue weighted by atomic mass is 10.2. The van der Waals surface area contributed by atoms with Crippen LogP contribution in [0.5, 0.6) is 11.5 Å². The summed E-state index contributed by atoms with van der Waals surface area (Å²) in [4.78, 5) is 16.9. The van der Waals surface area contributed by atoms with E-state index in [9.17, 15) is 4.79 Å². The van der Waals surface area contributed by atoms with Crippen molar-refractivity contribution in [3.05, 3.63) is 85.7 Å². The Balaban J connectivity index is 1.47. The highest BCUT2D eigenvalue weighted by Crippen LogP contribution is 2.34. The van der Waals surface area contributed by atoms with Crippen LogP contribution in [0.3, 0.4) is 0 Å². The predicted octanol–water partition coefficient (Wildman–Crippen LogP) is 5.47. The molecular weight excluding hydrogens is 470 g/mol. The molecule has 1 aromatic heterocycles. The average molecular weight is 489 g/mol. The number of aromatic nitrogens is 2. The van der Waals surface area contributed by atoms with Gasteiger partial charge in [0.1, 0.15) is 6.61 Å². The Kier molecular flexibility index (Phi) is 6.01. The van der Waals surface area contributed by atoms with Crippen LogP contribution in [-0.2, 0) is 13.2 Å². The highest BCUT2D eigenvalue weighted by molar-refractivity contribution is 9.10. The number of rotatable bonds is 7. The summed E-state index contributed by atoms with van der Waals surface area (Å²) < 4.78 is 12.4. The van der Waals surface area contributed by atoms with Crippen molar-refractivity contribution in [3.63, 3.8) is 0 Å². The smallest absolute Gasteiger partial charge is 0.323 e. The number of fused-ring (bicyclic) bond motifs is 1. The van der Waals surface area contributed by atoms with Gasteiger partial charge in [-0.2, -0.15) is 0 Å². The van der Waals surface area contributed by atoms with E-state index < -0.39 is 0 Å². The van der Waals surface area contributed by atoms with Crippen molar-refractivity contribution < 1.29 is 9.47 Å². The lowest BCUT2D eigenvalue weighted by Crippen LogP contribution is -2.03. The molecule has 0 fully saturated rings. The van der Waals surface area contributed by atoms with Crippen molar-refractivity contribution in [2.24, 2.45) is 0 Å². The number of hydrogen-bond donors (Lipinski definition) is 3. The van der Waals surface area contributed by atoms with Gasteiger partial charge in [0, 0.05) is 21.7 Å². The first-order valence-corrected chi connectivity index (χ1v) is 10.4. The molecule has 0 amide bonds. The zero-order valence-electron chi connectivity index (χ0n) is 16.1. The second-order valence-corrected chi connectivity index (χ2v) is 7.99. The van der Waals surface area contributed by atoms with Crippen molar-refractivity contribution >= 4 is 44.3 Å². The second-order valence-electron chi connectivity index (χ2n) is 6.70. The number of H-pyrrole nitrogens is 2. The maximum Gasteiger partial charge on any atom is 0.323 e. The standard InChI is InChI=1S/C22H19BrClN3O3/c1-29-20-8-14(11-25-16-6-7-18-19(9-16)27-22(28)26-18)17(23)10-21(20)30-12-13-2-4-15(24)5-3-13/h2-10,25H,11-12H2,1H3,(H2,26,27,28). The third kappa shape index (κ3) is 4.63. The van der Waals surface area contributed by atoms with Gasteiger partial charge in [0.2, 0.25) is 0 Å². The molecule has 0 saturated heterocycles. The number of ether oxygens (including phenoxy) is 2. The van der Waals surface area contributed by atoms with E-state index in [1.807, 2.05) is 54.6 Å². The molecule has 154 valence electrons. The quantitative estimate of drug-likeness (QED) is 0.322. The van der Waals surface area contributed by atoms with Gasteiger partial charge in [-0.3, -0.25) is 0 Å². The van der Waals surface area contributed by atoms with Crippen LogP contribution in [0.1, 0.15) is 11.1 Å². The molecule has 3 aromatic carbocycles. The molecule has 4 aromatic rings. The molecule has 0 aliphatic heterocycles. The second kappa shape index (κ2) is 8.85. The topological polar surface area (TPSA) is 79.1 Å². The summed E-state index contributed by atoms with van der Waals surface area (Å²) in [6.45, 7) is 0.973. The summed E-state index contributed by atoms with van der Waals surface area (Å²) in [5.74, 6) is 1.30. The highest BCUT2D eigenvalue weighted by Gasteiger charge is 2.11. The molecule has 0 aliphatic rings. The molecule has 0 spiro atoms. The minimum atomic E-state index is -0.219. The Hall–Kier alpha value is -2.90. The van der Waals surface area contributed by atoms with Gasteiger partial charge in [0.15, 0.2) is 11.5 Å². The van der Waals surface area contributed by atoms with Crippen LogP contribution in [0.4, 0.5) is 5.69 Å². The summed E-state index contributed by atoms with van der Waals surface area (Å²) in [5, 5.41) is 4.05. The van der Waals surface area contributed by atoms with Crippen molar-refractivity contribution in [2.75, 3.05) is 12.4 Å². The number of nitrogens with one attached hydrogen (secondary N) is 3. The first-order valence-electron chi connectivity index (χ1n) is 9.21. The van der Waals surface area contributed by atoms with Crippen LogP contribution in [0.25, 0.3) is 11.0 Å². The number of benzene rings is 3. The van der Waals surface area contributed by atoms with Crippen LogP contribution in [0.15, 0.2) is 63.9 Å². The van der Waals surface area contributed by atoms with Gasteiger partial charge in [-0.25, -0.2) is 4.79 Å². The summed E-state index contributed by atoms with van der Waals surface area (Å²) in [6, 6.07) is 17.0. The van der Waals surface area contributed by atoms with E-state index in [1.165, 1.54) is 0 Å². The van der Waals surface area contributed by atoms with Crippen LogP contribution in [0.2, 0.25) is 5.02 Å². The average Bonchev–Trinajstić information content (AvgIpc) is 3.11. The molecule has 0 unspecified atom stereocenters. The fourth-order valence-electron chi connectivity index (χ4n) is 3.07. The summed E-state index contributed by atoms with van der Waals surface area (Å²) in [6.07, 6.45) is 0. The van der Waals surface area contributed by atoms with E-state index in [4.69, 9.17) is 21.1 Å². The third-order valence-corrected chi connectivity index (χ3v) is 5.63. The van der Waals surface area contributed by atoms with E-state index in [1.54, 1.807) is 7.11 Å². The Morgan fingerprint density at radius 1 is 1.00 bits per heavy atom. The largest absolute Gasteiger partial charge is 0.493 e. The third-order valence-electron chi connectivity index (χ3n) is 4.64. The van der Waals surface area contributed by atoms with Crippen LogP contribution in [0, 0.1) is 0 Å². The van der Waals surface area contributed by atoms with E-state index in [2.05, 4.69) is 31.2 Å². The number of halogens is 2. The van der Waals surface area contributed by atoms with Gasteiger partial charge in [-0.15, -0.1) is 0 Å². The van der Waals surface area contributed by atoms with Crippen molar-refractivity contribution in [3.8, 4) is 11.5 Å². The van der Waals surface area contributed by atoms with Crippen LogP contribution in [-0.4, -0.2) is 17.1 Å². The molecule has 3 N–H and O–H groups in total. The zero-order chi connectivity index (χ0) is 21.1. The Morgan fingerprint density at radius 2 is 1.77 bits per heavy atom. The van der Waals surface area contributed by atoms with Gasteiger partial charge in [0.05, 0.1) is 18.1 Å². The molecule has 0 radical (unpaired) electrons. The van der Waals surface area contributed by atoms with Gasteiger partial charge in [0.25, 0.3) is 0 Å². The molecule has 8 heteroatoms. The SMILES string of the molecule is COc1cc(CNc2ccc3[nH]c(=O)[nH]c3c2)c(Br)cc1OCc1ccc(Cl)cc1. The fourth-order valence-corrected chi connectivity index (χ4v) is 3.66. The Bertz CT molecular complexity index is 1230. The molecule has 4 rings (SSSR count). The van der Waals surface area contributed by atoms with Crippen molar-refractivity contribution in [1.82, 2.24) is 9.97 Å². The van der Waals surface area contributed by atoms with E-state index in [-0.39, 0.29) is 5.69 Å². The molecule has 1 heterocycles. The van der Waals surface area contributed by atoms with Crippen molar-refractivity contribution in [2.45, 2.75) is 13.2 Å². The predicted molar refractivity (Wildman–Crippen MR) is 123 cm³/mol. The first-order chi connectivity index (χ1) is 14.5. The summed E-state index contributed by atoms with van der Waals surface area (Å²) >= 11 is 9.55. The van der Waals surface area contributed by atoms with Crippen molar-refractivity contribution in [1.29, 1.82) is 0 Å². The molecule has 0 atom stereocenters. The lowest BCUT2D eigenvalue weighted by molar-refractivity contribution is 0.284. The monoisotopic (exact) mass is 487 g/mol. The van der Waals surface area contributed by atoms with Crippen LogP contribution >= 0.6 is 27.5 Å². The molecule has 0 saturated carbocycles. The Morgan fingerprint density at radius 3 is 2.53 bits per heavy atom. The maximum absolute atomic E-state index is 11.4. The number of imidazole rings is 1. The van der Waals surface area contributed by atoms with E-state index >= 15 is 0 Å². The first kappa shape index (κ1) is 20.4. The number of anilines is 1. The van der Waals surface area contributed by atoms with E-state index in [0.29, 0.717) is 29.7 Å². The van der Waals surface area contributed by atoms with Gasteiger partial charge >= 0.3 is 5.69 Å². The lowest BCUT2D eigenvalue weighted by Gasteiger charge is -2.15. The van der Waals surface area contributed by atoms with Gasteiger partial charge < -0.3 is 24.8 Å². The molecule has 30 heavy (non-hydrogen) atoms. The molecule has 0 aliphatic carbocycles.